The maximum atomic E-state index is 14.3. The van der Waals surface area contributed by atoms with Gasteiger partial charge in [-0.05, 0) is 30.3 Å². The SMILES string of the molecule is COc1ccc(NC(=O)c2cc3ccccc3n2Cc2ccccc2F)c(OC)c1. The lowest BCUT2D eigenvalue weighted by molar-refractivity contribution is 0.101. The molecule has 1 heterocycles. The fourth-order valence-corrected chi connectivity index (χ4v) is 3.45. The Labute approximate surface area is 173 Å². The number of carbonyl (C=O) groups excluding carboxylic acids is 1. The van der Waals surface area contributed by atoms with Crippen molar-refractivity contribution in [1.82, 2.24) is 4.57 Å². The van der Waals surface area contributed by atoms with Crippen molar-refractivity contribution in [2.75, 3.05) is 19.5 Å². The summed E-state index contributed by atoms with van der Waals surface area (Å²) in [5.41, 5.74) is 2.31. The number of ether oxygens (including phenoxy) is 2. The Morgan fingerprint density at radius 3 is 2.50 bits per heavy atom. The van der Waals surface area contributed by atoms with E-state index in [0.29, 0.717) is 28.4 Å². The van der Waals surface area contributed by atoms with Crippen molar-refractivity contribution >= 4 is 22.5 Å². The highest BCUT2D eigenvalue weighted by Crippen LogP contribution is 2.30. The van der Waals surface area contributed by atoms with Gasteiger partial charge in [0.15, 0.2) is 0 Å². The van der Waals surface area contributed by atoms with Gasteiger partial charge in [0.25, 0.3) is 5.91 Å². The van der Waals surface area contributed by atoms with Crippen LogP contribution in [0.25, 0.3) is 10.9 Å². The molecule has 0 aliphatic rings. The quantitative estimate of drug-likeness (QED) is 0.487. The summed E-state index contributed by atoms with van der Waals surface area (Å²) in [5.74, 6) is 0.488. The Morgan fingerprint density at radius 1 is 0.967 bits per heavy atom. The van der Waals surface area contributed by atoms with Gasteiger partial charge in [-0.3, -0.25) is 4.79 Å². The number of carbonyl (C=O) groups is 1. The topological polar surface area (TPSA) is 52.5 Å². The number of amides is 1. The fourth-order valence-electron chi connectivity index (χ4n) is 3.45. The predicted octanol–water partition coefficient (Wildman–Crippen LogP) is 5.10. The number of fused-ring (bicyclic) bond motifs is 1. The minimum Gasteiger partial charge on any atom is -0.497 e. The first-order chi connectivity index (χ1) is 14.6. The van der Waals surface area contributed by atoms with Gasteiger partial charge < -0.3 is 19.4 Å². The van der Waals surface area contributed by atoms with Crippen LogP contribution in [0.3, 0.4) is 0 Å². The monoisotopic (exact) mass is 404 g/mol. The lowest BCUT2D eigenvalue weighted by atomic mass is 10.2. The molecule has 5 nitrogen and oxygen atoms in total. The van der Waals surface area contributed by atoms with Crippen LogP contribution in [0.2, 0.25) is 0 Å². The standard InChI is InChI=1S/C24H21FN2O3/c1-29-18-11-12-20(23(14-18)30-2)26-24(28)22-13-16-7-4-6-10-21(16)27(22)15-17-8-3-5-9-19(17)25/h3-14H,15H2,1-2H3,(H,26,28). The molecule has 0 saturated heterocycles. The normalized spacial score (nSPS) is 10.8. The van der Waals surface area contributed by atoms with Crippen LogP contribution < -0.4 is 14.8 Å². The number of rotatable bonds is 6. The second-order valence-corrected chi connectivity index (χ2v) is 6.79. The Bertz CT molecular complexity index is 1220. The first-order valence-electron chi connectivity index (χ1n) is 9.45. The summed E-state index contributed by atoms with van der Waals surface area (Å²) in [5, 5.41) is 3.80. The van der Waals surface area contributed by atoms with E-state index in [4.69, 9.17) is 9.47 Å². The molecule has 0 unspecified atom stereocenters. The largest absolute Gasteiger partial charge is 0.497 e. The van der Waals surface area contributed by atoms with Crippen LogP contribution in [0.1, 0.15) is 16.1 Å². The second kappa shape index (κ2) is 8.29. The van der Waals surface area contributed by atoms with Crippen molar-refractivity contribution in [2.24, 2.45) is 0 Å². The van der Waals surface area contributed by atoms with Crippen LogP contribution in [-0.4, -0.2) is 24.7 Å². The third-order valence-electron chi connectivity index (χ3n) is 4.99. The molecule has 4 aromatic rings. The van der Waals surface area contributed by atoms with Crippen LogP contribution >= 0.6 is 0 Å². The molecule has 152 valence electrons. The summed E-state index contributed by atoms with van der Waals surface area (Å²) < 4.78 is 26.7. The van der Waals surface area contributed by atoms with Crippen LogP contribution in [0.4, 0.5) is 10.1 Å². The number of aromatic nitrogens is 1. The molecule has 0 radical (unpaired) electrons. The summed E-state index contributed by atoms with van der Waals surface area (Å²) in [6, 6.07) is 21.2. The molecule has 1 amide bonds. The van der Waals surface area contributed by atoms with E-state index < -0.39 is 0 Å². The van der Waals surface area contributed by atoms with E-state index in [-0.39, 0.29) is 18.3 Å². The van der Waals surface area contributed by atoms with Gasteiger partial charge in [0, 0.05) is 22.5 Å². The highest BCUT2D eigenvalue weighted by Gasteiger charge is 2.18. The molecule has 1 aromatic heterocycles. The van der Waals surface area contributed by atoms with Gasteiger partial charge in [0.1, 0.15) is 23.0 Å². The Balaban J connectivity index is 1.73. The third-order valence-corrected chi connectivity index (χ3v) is 4.99. The fraction of sp³-hybridized carbons (Fsp3) is 0.125. The Morgan fingerprint density at radius 2 is 1.73 bits per heavy atom. The number of anilines is 1. The first-order valence-corrected chi connectivity index (χ1v) is 9.45. The maximum Gasteiger partial charge on any atom is 0.272 e. The molecule has 0 spiro atoms. The molecule has 1 N–H and O–H groups in total. The predicted molar refractivity (Wildman–Crippen MR) is 115 cm³/mol. The van der Waals surface area contributed by atoms with E-state index >= 15 is 0 Å². The van der Waals surface area contributed by atoms with Gasteiger partial charge in [-0.1, -0.05) is 36.4 Å². The van der Waals surface area contributed by atoms with Crippen molar-refractivity contribution in [3.8, 4) is 11.5 Å². The first kappa shape index (κ1) is 19.5. The summed E-state index contributed by atoms with van der Waals surface area (Å²) in [7, 11) is 3.09. The van der Waals surface area contributed by atoms with E-state index in [1.165, 1.54) is 13.2 Å². The van der Waals surface area contributed by atoms with Crippen molar-refractivity contribution in [2.45, 2.75) is 6.54 Å². The van der Waals surface area contributed by atoms with Gasteiger partial charge >= 0.3 is 0 Å². The average Bonchev–Trinajstić information content (AvgIpc) is 3.14. The highest BCUT2D eigenvalue weighted by atomic mass is 19.1. The molecule has 30 heavy (non-hydrogen) atoms. The minimum atomic E-state index is -0.314. The highest BCUT2D eigenvalue weighted by molar-refractivity contribution is 6.07. The van der Waals surface area contributed by atoms with Crippen LogP contribution in [-0.2, 0) is 6.54 Å². The van der Waals surface area contributed by atoms with Gasteiger partial charge in [-0.25, -0.2) is 4.39 Å². The van der Waals surface area contributed by atoms with Gasteiger partial charge in [0.05, 0.1) is 26.5 Å². The third kappa shape index (κ3) is 3.72. The number of para-hydroxylation sites is 1. The van der Waals surface area contributed by atoms with E-state index in [1.807, 2.05) is 34.9 Å². The Hall–Kier alpha value is -3.80. The van der Waals surface area contributed by atoms with Crippen LogP contribution in [0.5, 0.6) is 11.5 Å². The molecule has 0 saturated carbocycles. The number of nitrogens with zero attached hydrogens (tertiary/aromatic N) is 1. The Kier molecular flexibility index (Phi) is 5.39. The van der Waals surface area contributed by atoms with Crippen molar-refractivity contribution in [1.29, 1.82) is 0 Å². The van der Waals surface area contributed by atoms with Crippen molar-refractivity contribution in [3.05, 3.63) is 89.9 Å². The second-order valence-electron chi connectivity index (χ2n) is 6.79. The minimum absolute atomic E-state index is 0.239. The number of benzene rings is 3. The smallest absolute Gasteiger partial charge is 0.272 e. The van der Waals surface area contributed by atoms with E-state index in [2.05, 4.69) is 5.32 Å². The van der Waals surface area contributed by atoms with Crippen LogP contribution in [0.15, 0.2) is 72.8 Å². The zero-order valence-corrected chi connectivity index (χ0v) is 16.7. The molecule has 0 aliphatic heterocycles. The van der Waals surface area contributed by atoms with E-state index in [9.17, 15) is 9.18 Å². The summed E-state index contributed by atoms with van der Waals surface area (Å²) in [4.78, 5) is 13.2. The number of nitrogens with one attached hydrogen (secondary N) is 1. The zero-order chi connectivity index (χ0) is 21.1. The van der Waals surface area contributed by atoms with E-state index in [0.717, 1.165) is 10.9 Å². The molecule has 6 heteroatoms. The number of hydrogen-bond acceptors (Lipinski definition) is 3. The number of methoxy groups -OCH3 is 2. The lowest BCUT2D eigenvalue weighted by Crippen LogP contribution is -2.18. The molecular formula is C24H21FN2O3. The van der Waals surface area contributed by atoms with E-state index in [1.54, 1.807) is 43.5 Å². The molecular weight excluding hydrogens is 383 g/mol. The summed E-state index contributed by atoms with van der Waals surface area (Å²) in [6.07, 6.45) is 0. The lowest BCUT2D eigenvalue weighted by Gasteiger charge is -2.14. The van der Waals surface area contributed by atoms with Crippen molar-refractivity contribution < 1.29 is 18.7 Å². The van der Waals surface area contributed by atoms with Crippen molar-refractivity contribution in [3.63, 3.8) is 0 Å². The molecule has 0 bridgehead atoms. The van der Waals surface area contributed by atoms with Gasteiger partial charge in [-0.15, -0.1) is 0 Å². The molecule has 0 aliphatic carbocycles. The molecule has 4 rings (SSSR count). The number of halogens is 1. The van der Waals surface area contributed by atoms with Gasteiger partial charge in [-0.2, -0.15) is 0 Å². The summed E-state index contributed by atoms with van der Waals surface area (Å²) >= 11 is 0. The number of hydrogen-bond donors (Lipinski definition) is 1. The molecule has 0 fully saturated rings. The summed E-state index contributed by atoms with van der Waals surface area (Å²) in [6.45, 7) is 0.239. The zero-order valence-electron chi connectivity index (χ0n) is 16.7. The molecule has 0 atom stereocenters. The molecule has 3 aromatic carbocycles. The van der Waals surface area contributed by atoms with Crippen LogP contribution in [0, 0.1) is 5.82 Å². The average molecular weight is 404 g/mol. The maximum absolute atomic E-state index is 14.3. The van der Waals surface area contributed by atoms with Gasteiger partial charge in [0.2, 0.25) is 0 Å².